The van der Waals surface area contributed by atoms with E-state index >= 15 is 0 Å². The lowest BCUT2D eigenvalue weighted by atomic mass is 9.57. The van der Waals surface area contributed by atoms with Gasteiger partial charge in [-0.05, 0) is 46.7 Å². The largest absolute Gasteiger partial charge is 0.508 e. The normalized spacial score (nSPS) is 26.1. The molecule has 7 N–H and O–H groups in total. The van der Waals surface area contributed by atoms with Crippen molar-refractivity contribution in [2.24, 2.45) is 17.6 Å². The Morgan fingerprint density at radius 1 is 1.18 bits per heavy atom. The number of aromatic hydroxyl groups is 1. The number of nitrogens with zero attached hydrogens (tertiary/aromatic N) is 2. The van der Waals surface area contributed by atoms with Crippen LogP contribution >= 0.6 is 48.8 Å². The highest BCUT2D eigenvalue weighted by atomic mass is 35.5. The van der Waals surface area contributed by atoms with Crippen molar-refractivity contribution in [3.05, 3.63) is 33.2 Å². The number of aromatic nitrogens is 1. The van der Waals surface area contributed by atoms with Crippen molar-refractivity contribution in [3.8, 4) is 5.75 Å². The molecular weight excluding hydrogens is 586 g/mol. The molecule has 3 aliphatic carbocycles. The quantitative estimate of drug-likeness (QED) is 0.216. The van der Waals surface area contributed by atoms with E-state index in [2.05, 4.69) is 10.3 Å². The Labute approximate surface area is 242 Å². The summed E-state index contributed by atoms with van der Waals surface area (Å²) in [6.45, 7) is 3.61. The number of hydrogen-bond acceptors (Lipinski definition) is 10. The molecule has 212 valence electrons. The van der Waals surface area contributed by atoms with Gasteiger partial charge in [0.05, 0.1) is 11.6 Å². The Hall–Kier alpha value is -2.28. The van der Waals surface area contributed by atoms with Gasteiger partial charge in [-0.3, -0.25) is 19.3 Å². The van der Waals surface area contributed by atoms with Gasteiger partial charge < -0.3 is 31.5 Å². The number of primary amides is 1. The molecule has 1 aromatic rings. The zero-order chi connectivity index (χ0) is 26.1. The van der Waals surface area contributed by atoms with Gasteiger partial charge in [-0.2, -0.15) is 0 Å². The number of likely N-dealkylation sites (N-methyl/N-ethyl adjacent to an activating group) is 1. The van der Waals surface area contributed by atoms with Gasteiger partial charge >= 0.3 is 0 Å². The average molecular weight is 616 g/mol. The zero-order valence-electron chi connectivity index (χ0n) is 20.8. The van der Waals surface area contributed by atoms with Crippen molar-refractivity contribution < 1.29 is 34.8 Å². The van der Waals surface area contributed by atoms with Crippen LogP contribution in [0.1, 0.15) is 31.4 Å². The van der Waals surface area contributed by atoms with Gasteiger partial charge in [-0.25, -0.2) is 4.98 Å². The summed E-state index contributed by atoms with van der Waals surface area (Å²) in [7, 11) is 3.07. The first kappa shape index (κ1) is 33.7. The van der Waals surface area contributed by atoms with Gasteiger partial charge in [-0.15, -0.1) is 37.2 Å². The molecule has 0 saturated heterocycles. The molecule has 0 bridgehead atoms. The van der Waals surface area contributed by atoms with Crippen LogP contribution in [0.5, 0.6) is 5.75 Å². The van der Waals surface area contributed by atoms with Gasteiger partial charge in [0, 0.05) is 23.1 Å². The lowest BCUT2D eigenvalue weighted by Crippen LogP contribution is -2.65. The summed E-state index contributed by atoms with van der Waals surface area (Å²) < 4.78 is 0. The van der Waals surface area contributed by atoms with E-state index < -0.39 is 63.8 Å². The van der Waals surface area contributed by atoms with Crippen LogP contribution in [-0.2, 0) is 20.8 Å². The minimum absolute atomic E-state index is 0. The summed E-state index contributed by atoms with van der Waals surface area (Å²) in [4.78, 5) is 44.4. The van der Waals surface area contributed by atoms with E-state index in [1.807, 2.05) is 0 Å². The number of aliphatic hydroxyl groups is 3. The van der Waals surface area contributed by atoms with Crippen LogP contribution < -0.4 is 11.1 Å². The Kier molecular flexibility index (Phi) is 10.2. The first-order valence-electron chi connectivity index (χ1n) is 11.1. The van der Waals surface area contributed by atoms with Crippen LogP contribution in [0.4, 0.5) is 5.82 Å². The van der Waals surface area contributed by atoms with Crippen molar-refractivity contribution in [2.45, 2.75) is 44.4 Å². The van der Waals surface area contributed by atoms with E-state index in [0.29, 0.717) is 5.56 Å². The molecule has 0 aliphatic heterocycles. The number of nitrogens with one attached hydrogen (secondary N) is 1. The third-order valence-electron chi connectivity index (χ3n) is 6.96. The van der Waals surface area contributed by atoms with Crippen LogP contribution in [0, 0.1) is 11.8 Å². The smallest absolute Gasteiger partial charge is 0.255 e. The summed E-state index contributed by atoms with van der Waals surface area (Å²) in [5.41, 5.74) is 1.73. The summed E-state index contributed by atoms with van der Waals surface area (Å²) >= 11 is 6.39. The van der Waals surface area contributed by atoms with Crippen molar-refractivity contribution >= 4 is 77.9 Å². The molecule has 4 rings (SSSR count). The fourth-order valence-electron chi connectivity index (χ4n) is 5.53. The summed E-state index contributed by atoms with van der Waals surface area (Å²) in [6.07, 6.45) is 0.0603. The van der Waals surface area contributed by atoms with Crippen LogP contribution in [-0.4, -0.2) is 79.6 Å². The standard InChI is InChI=1S/C23H27ClN4O7.3ClH/c1-7(2)26-22-17(31)12-9(20(24)27-22)5-8-6-10-14(28(3)4)16(30)13(21(25)34)19(33)23(10,35)18(32)11(8)15(12)29;;;/h7-8,10,14,29,31,33,35H,5-6H2,1-4H3,(H2,25,34)(H,26,27);3*1H/t8-,10-,14-,23-;;;/m0.../s1. The van der Waals surface area contributed by atoms with Crippen molar-refractivity contribution in [1.29, 1.82) is 0 Å². The summed E-state index contributed by atoms with van der Waals surface area (Å²) in [5.74, 6) is -7.20. The Bertz CT molecular complexity index is 1250. The number of aliphatic hydroxyl groups excluding tert-OH is 2. The van der Waals surface area contributed by atoms with Crippen molar-refractivity contribution in [3.63, 3.8) is 0 Å². The zero-order valence-corrected chi connectivity index (χ0v) is 24.0. The van der Waals surface area contributed by atoms with Gasteiger partial charge in [0.1, 0.15) is 22.2 Å². The van der Waals surface area contributed by atoms with E-state index in [-0.39, 0.29) is 78.2 Å². The molecule has 0 spiro atoms. The minimum atomic E-state index is -2.68. The van der Waals surface area contributed by atoms with Crippen LogP contribution in [0.2, 0.25) is 5.15 Å². The average Bonchev–Trinajstić information content (AvgIpc) is 2.73. The second kappa shape index (κ2) is 11.4. The molecule has 4 atom stereocenters. The highest BCUT2D eigenvalue weighted by Gasteiger charge is 2.64. The van der Waals surface area contributed by atoms with E-state index in [1.165, 1.54) is 19.0 Å². The number of fused-ring (bicyclic) bond motifs is 3. The molecule has 15 heteroatoms. The van der Waals surface area contributed by atoms with Crippen LogP contribution in [0.25, 0.3) is 5.76 Å². The molecular formula is C23H30Cl4N4O7. The lowest BCUT2D eigenvalue weighted by Gasteiger charge is -2.50. The Balaban J connectivity index is 0.00000241. The third-order valence-corrected chi connectivity index (χ3v) is 7.27. The second-order valence-corrected chi connectivity index (χ2v) is 10.1. The maximum atomic E-state index is 13.8. The van der Waals surface area contributed by atoms with Gasteiger partial charge in [0.2, 0.25) is 5.78 Å². The van der Waals surface area contributed by atoms with Crippen molar-refractivity contribution in [1.82, 2.24) is 9.88 Å². The SMILES string of the molecule is CC(C)Nc1nc(Cl)c2c(c1O)C(O)=C1C(=O)[C@]3(O)C(O)=C(C(N)=O)C(=O)[C@@H](N(C)C)[C@@H]3C[C@@H]1C2.Cl.Cl.Cl. The molecule has 11 nitrogen and oxygen atoms in total. The predicted octanol–water partition coefficient (Wildman–Crippen LogP) is 2.10. The number of anilines is 1. The van der Waals surface area contributed by atoms with Crippen molar-refractivity contribution in [2.75, 3.05) is 19.4 Å². The summed E-state index contributed by atoms with van der Waals surface area (Å²) in [5, 5.41) is 47.4. The molecule has 0 radical (unpaired) electrons. The monoisotopic (exact) mass is 614 g/mol. The Morgan fingerprint density at radius 2 is 1.76 bits per heavy atom. The van der Waals surface area contributed by atoms with Gasteiger partial charge in [0.25, 0.3) is 5.91 Å². The third kappa shape index (κ3) is 4.69. The van der Waals surface area contributed by atoms with Gasteiger partial charge in [0.15, 0.2) is 23.0 Å². The number of Topliss-reactive ketones (excluding diaryl/α,β-unsaturated/α-hetero) is 2. The van der Waals surface area contributed by atoms with Gasteiger partial charge in [-0.1, -0.05) is 11.6 Å². The maximum absolute atomic E-state index is 13.8. The fourth-order valence-corrected chi connectivity index (χ4v) is 5.79. The first-order chi connectivity index (χ1) is 16.2. The molecule has 1 fully saturated rings. The van der Waals surface area contributed by atoms with E-state index in [0.717, 1.165) is 0 Å². The molecule has 1 saturated carbocycles. The number of amides is 1. The second-order valence-electron chi connectivity index (χ2n) is 9.71. The number of rotatable bonds is 4. The number of pyridine rings is 1. The molecule has 3 aliphatic rings. The lowest BCUT2D eigenvalue weighted by molar-refractivity contribution is -0.153. The van der Waals surface area contributed by atoms with E-state index in [1.54, 1.807) is 13.8 Å². The molecule has 1 aromatic heterocycles. The predicted molar refractivity (Wildman–Crippen MR) is 148 cm³/mol. The molecule has 38 heavy (non-hydrogen) atoms. The summed E-state index contributed by atoms with van der Waals surface area (Å²) in [6, 6.07) is -1.28. The number of carbonyl (C=O) groups excluding carboxylic acids is 3. The number of ketones is 2. The first-order valence-corrected chi connectivity index (χ1v) is 11.4. The minimum Gasteiger partial charge on any atom is -0.508 e. The highest BCUT2D eigenvalue weighted by molar-refractivity contribution is 6.31. The van der Waals surface area contributed by atoms with Crippen LogP contribution in [0.3, 0.4) is 0 Å². The molecule has 0 unspecified atom stereocenters. The molecule has 0 aromatic carbocycles. The highest BCUT2D eigenvalue weighted by Crippen LogP contribution is 2.53. The van der Waals surface area contributed by atoms with E-state index in [9.17, 15) is 34.8 Å². The number of nitrogens with two attached hydrogens (primary N) is 1. The molecule has 1 heterocycles. The number of hydrogen-bond donors (Lipinski definition) is 6. The van der Waals surface area contributed by atoms with Crippen LogP contribution in [0.15, 0.2) is 16.9 Å². The number of carbonyl (C=O) groups is 3. The fraction of sp³-hybridized carbons (Fsp3) is 0.478. The Morgan fingerprint density at radius 3 is 2.26 bits per heavy atom. The maximum Gasteiger partial charge on any atom is 0.255 e. The molecule has 1 amide bonds. The van der Waals surface area contributed by atoms with E-state index in [4.69, 9.17) is 17.3 Å². The topological polar surface area (TPSA) is 186 Å². The number of halogens is 4.